The van der Waals surface area contributed by atoms with Crippen molar-refractivity contribution in [2.45, 2.75) is 77.7 Å². The van der Waals surface area contributed by atoms with Crippen molar-refractivity contribution in [1.82, 2.24) is 4.90 Å². The van der Waals surface area contributed by atoms with Crippen molar-refractivity contribution < 1.29 is 14.3 Å². The first-order valence-electron chi connectivity index (χ1n) is 12.4. The lowest BCUT2D eigenvalue weighted by Gasteiger charge is -2.38. The molecular formula is C26H42N2O3. The number of carbonyl (C=O) groups excluding carboxylic acids is 1. The molecule has 2 fully saturated rings. The molecule has 1 saturated carbocycles. The molecule has 0 aromatic heterocycles. The Morgan fingerprint density at radius 2 is 1.84 bits per heavy atom. The van der Waals surface area contributed by atoms with E-state index < -0.39 is 5.60 Å². The number of anilines is 1. The molecule has 2 aliphatic rings. The van der Waals surface area contributed by atoms with Gasteiger partial charge in [0.05, 0.1) is 6.61 Å². The third-order valence-corrected chi connectivity index (χ3v) is 6.82. The van der Waals surface area contributed by atoms with Gasteiger partial charge in [-0.05, 0) is 94.0 Å². The maximum atomic E-state index is 13.1. The van der Waals surface area contributed by atoms with Gasteiger partial charge in [0.2, 0.25) is 0 Å². The van der Waals surface area contributed by atoms with Crippen LogP contribution in [0.15, 0.2) is 24.3 Å². The van der Waals surface area contributed by atoms with E-state index in [-0.39, 0.29) is 5.91 Å². The Kier molecular flexibility index (Phi) is 9.21. The van der Waals surface area contributed by atoms with Crippen LogP contribution < -0.4 is 10.1 Å². The first-order chi connectivity index (χ1) is 15.0. The Bertz CT molecular complexity index is 662. The average molecular weight is 431 g/mol. The second-order valence-corrected chi connectivity index (χ2v) is 9.75. The van der Waals surface area contributed by atoms with Crippen molar-refractivity contribution in [3.63, 3.8) is 0 Å². The summed E-state index contributed by atoms with van der Waals surface area (Å²) < 4.78 is 12.0. The predicted octanol–water partition coefficient (Wildman–Crippen LogP) is 5.50. The fourth-order valence-electron chi connectivity index (χ4n) is 4.81. The highest BCUT2D eigenvalue weighted by Gasteiger charge is 2.42. The lowest BCUT2D eigenvalue weighted by Crippen LogP contribution is -2.48. The van der Waals surface area contributed by atoms with Gasteiger partial charge < -0.3 is 19.7 Å². The van der Waals surface area contributed by atoms with Gasteiger partial charge in [-0.25, -0.2) is 0 Å². The second kappa shape index (κ2) is 11.9. The summed E-state index contributed by atoms with van der Waals surface area (Å²) in [4.78, 5) is 15.7. The van der Waals surface area contributed by atoms with Crippen LogP contribution >= 0.6 is 0 Å². The number of likely N-dealkylation sites (tertiary alicyclic amines) is 1. The Labute approximate surface area is 188 Å². The van der Waals surface area contributed by atoms with Crippen LogP contribution in [-0.2, 0) is 9.53 Å². The number of carbonyl (C=O) groups is 1. The molecule has 174 valence electrons. The molecule has 1 atom stereocenters. The van der Waals surface area contributed by atoms with Crippen molar-refractivity contribution in [2.75, 3.05) is 38.2 Å². The summed E-state index contributed by atoms with van der Waals surface area (Å²) in [6.07, 6.45) is 8.34. The lowest BCUT2D eigenvalue weighted by atomic mass is 9.78. The molecule has 1 amide bonds. The van der Waals surface area contributed by atoms with Crippen LogP contribution in [0.4, 0.5) is 5.69 Å². The highest BCUT2D eigenvalue weighted by molar-refractivity contribution is 5.97. The average Bonchev–Trinajstić information content (AvgIpc) is 2.78. The van der Waals surface area contributed by atoms with E-state index in [0.717, 1.165) is 69.0 Å². The molecule has 0 radical (unpaired) electrons. The zero-order valence-electron chi connectivity index (χ0n) is 19.8. The molecule has 1 N–H and O–H groups in total. The highest BCUT2D eigenvalue weighted by atomic mass is 16.5. The van der Waals surface area contributed by atoms with E-state index in [0.29, 0.717) is 12.5 Å². The summed E-state index contributed by atoms with van der Waals surface area (Å²) in [5.74, 6) is 2.34. The van der Waals surface area contributed by atoms with Gasteiger partial charge in [-0.15, -0.1) is 0 Å². The summed E-state index contributed by atoms with van der Waals surface area (Å²) in [6, 6.07) is 7.75. The number of benzene rings is 1. The maximum absolute atomic E-state index is 13.1. The van der Waals surface area contributed by atoms with Crippen LogP contribution in [0.1, 0.15) is 72.1 Å². The van der Waals surface area contributed by atoms with E-state index >= 15 is 0 Å². The molecule has 0 unspecified atom stereocenters. The Morgan fingerprint density at radius 3 is 2.52 bits per heavy atom. The number of piperidine rings is 1. The van der Waals surface area contributed by atoms with Gasteiger partial charge in [0.25, 0.3) is 5.91 Å². The lowest BCUT2D eigenvalue weighted by molar-refractivity contribution is -0.147. The molecular weight excluding hydrogens is 388 g/mol. The number of ether oxygens (including phenoxy) is 2. The van der Waals surface area contributed by atoms with E-state index in [1.165, 1.54) is 25.9 Å². The summed E-state index contributed by atoms with van der Waals surface area (Å²) in [7, 11) is 0. The first-order valence-corrected chi connectivity index (χ1v) is 12.4. The first kappa shape index (κ1) is 24.1. The van der Waals surface area contributed by atoms with Gasteiger partial charge in [0.1, 0.15) is 11.4 Å². The fraction of sp³-hybridized carbons (Fsp3) is 0.731. The number of hydrogen-bond donors (Lipinski definition) is 1. The molecule has 1 heterocycles. The molecule has 0 spiro atoms. The number of nitrogens with zero attached hydrogens (tertiary/aromatic N) is 1. The summed E-state index contributed by atoms with van der Waals surface area (Å²) in [5, 5.41) is 3.09. The van der Waals surface area contributed by atoms with Crippen molar-refractivity contribution in [2.24, 2.45) is 11.8 Å². The second-order valence-electron chi connectivity index (χ2n) is 9.75. The monoisotopic (exact) mass is 430 g/mol. The largest absolute Gasteiger partial charge is 0.494 e. The maximum Gasteiger partial charge on any atom is 0.256 e. The van der Waals surface area contributed by atoms with Crippen molar-refractivity contribution in [1.29, 1.82) is 0 Å². The highest BCUT2D eigenvalue weighted by Crippen LogP contribution is 2.36. The number of hydrogen-bond acceptors (Lipinski definition) is 4. The van der Waals surface area contributed by atoms with Gasteiger partial charge in [0.15, 0.2) is 0 Å². The smallest absolute Gasteiger partial charge is 0.256 e. The fourth-order valence-corrected chi connectivity index (χ4v) is 4.81. The van der Waals surface area contributed by atoms with E-state index in [9.17, 15) is 4.79 Å². The summed E-state index contributed by atoms with van der Waals surface area (Å²) in [6.45, 7) is 11.6. The van der Waals surface area contributed by atoms with Gasteiger partial charge in [0, 0.05) is 25.4 Å². The van der Waals surface area contributed by atoms with Crippen LogP contribution in [0, 0.1) is 11.8 Å². The van der Waals surface area contributed by atoms with Gasteiger partial charge in [-0.2, -0.15) is 0 Å². The minimum Gasteiger partial charge on any atom is -0.494 e. The third-order valence-electron chi connectivity index (χ3n) is 6.82. The van der Waals surface area contributed by atoms with Crippen molar-refractivity contribution in [3.05, 3.63) is 24.3 Å². The summed E-state index contributed by atoms with van der Waals surface area (Å²) >= 11 is 0. The molecule has 1 aliphatic carbocycles. The number of amides is 1. The van der Waals surface area contributed by atoms with Gasteiger partial charge in [-0.1, -0.05) is 20.8 Å². The van der Waals surface area contributed by atoms with E-state index in [1.807, 2.05) is 24.3 Å². The van der Waals surface area contributed by atoms with Crippen molar-refractivity contribution in [3.8, 4) is 5.75 Å². The Balaban J connectivity index is 1.45. The number of rotatable bonds is 10. The third kappa shape index (κ3) is 7.21. The zero-order valence-corrected chi connectivity index (χ0v) is 19.8. The van der Waals surface area contributed by atoms with Crippen LogP contribution in [0.3, 0.4) is 0 Å². The normalized spacial score (nSPS) is 27.1. The van der Waals surface area contributed by atoms with Gasteiger partial charge >= 0.3 is 0 Å². The molecule has 31 heavy (non-hydrogen) atoms. The quantitative estimate of drug-likeness (QED) is 0.498. The van der Waals surface area contributed by atoms with E-state index in [2.05, 4.69) is 31.0 Å². The predicted molar refractivity (Wildman–Crippen MR) is 127 cm³/mol. The molecule has 1 saturated heterocycles. The minimum absolute atomic E-state index is 0.00252. The molecule has 3 rings (SSSR count). The molecule has 1 aliphatic heterocycles. The topological polar surface area (TPSA) is 50.8 Å². The number of nitrogens with one attached hydrogen (secondary N) is 1. The Morgan fingerprint density at radius 1 is 1.10 bits per heavy atom. The molecule has 5 heteroatoms. The minimum atomic E-state index is -0.677. The van der Waals surface area contributed by atoms with Gasteiger partial charge in [-0.3, -0.25) is 4.79 Å². The van der Waals surface area contributed by atoms with Crippen LogP contribution in [0.2, 0.25) is 0 Å². The summed E-state index contributed by atoms with van der Waals surface area (Å²) in [5.41, 5.74) is 0.127. The van der Waals surface area contributed by atoms with Crippen LogP contribution in [0.5, 0.6) is 5.75 Å². The zero-order chi connectivity index (χ0) is 22.1. The SMILES string of the molecule is CCCOC1(C(=O)Nc2ccc(OCCCN3CCC[C@H](C)C3)cc2)CCC(C)CC1. The van der Waals surface area contributed by atoms with E-state index in [4.69, 9.17) is 9.47 Å². The molecule has 5 nitrogen and oxygen atoms in total. The standard InChI is InChI=1S/C26H42N2O3/c1-4-18-31-26(14-12-21(2)13-15-26)25(29)27-23-8-10-24(11-9-23)30-19-6-17-28-16-5-7-22(3)20-28/h8-11,21-22H,4-7,12-20H2,1-3H3,(H,27,29)/t21?,22-,26?/m0/s1. The van der Waals surface area contributed by atoms with Crippen LogP contribution in [0.25, 0.3) is 0 Å². The molecule has 1 aromatic rings. The van der Waals surface area contributed by atoms with Crippen LogP contribution in [-0.4, -0.2) is 49.3 Å². The van der Waals surface area contributed by atoms with E-state index in [1.54, 1.807) is 0 Å². The van der Waals surface area contributed by atoms with Crippen molar-refractivity contribution >= 4 is 11.6 Å². The molecule has 0 bridgehead atoms. The Hall–Kier alpha value is -1.59. The molecule has 1 aromatic carbocycles.